The van der Waals surface area contributed by atoms with Crippen molar-refractivity contribution in [2.24, 2.45) is 5.73 Å². The number of hydrogen-bond acceptors (Lipinski definition) is 2. The van der Waals surface area contributed by atoms with Crippen molar-refractivity contribution in [2.75, 3.05) is 0 Å². The van der Waals surface area contributed by atoms with E-state index in [-0.39, 0.29) is 0 Å². The number of primary amides is 1. The van der Waals surface area contributed by atoms with E-state index in [0.29, 0.717) is 18.7 Å². The lowest BCUT2D eigenvalue weighted by atomic mass is 10.1. The lowest BCUT2D eigenvalue weighted by Crippen LogP contribution is -2.11. The molecule has 0 saturated carbocycles. The van der Waals surface area contributed by atoms with Gasteiger partial charge in [-0.1, -0.05) is 60.7 Å². The molecule has 0 bridgehead atoms. The summed E-state index contributed by atoms with van der Waals surface area (Å²) in [7, 11) is 0. The van der Waals surface area contributed by atoms with Crippen LogP contribution in [-0.4, -0.2) is 10.5 Å². The standard InChI is InChI=1S/C28H24N2O2/c1-19-10-15-23-26(16-19)30(25-9-5-8-24(27(23)25)28(29)31)17-20-11-13-22(14-12-20)32-18-21-6-3-2-4-7-21/h2-16H,17-18H2,1H3,(H2,29,31). The van der Waals surface area contributed by atoms with Gasteiger partial charge < -0.3 is 15.0 Å². The molecule has 0 aliphatic heterocycles. The van der Waals surface area contributed by atoms with E-state index in [9.17, 15) is 4.79 Å². The van der Waals surface area contributed by atoms with Crippen LogP contribution in [0.5, 0.6) is 5.75 Å². The van der Waals surface area contributed by atoms with Gasteiger partial charge in [-0.25, -0.2) is 0 Å². The van der Waals surface area contributed by atoms with E-state index in [2.05, 4.69) is 60.0 Å². The van der Waals surface area contributed by atoms with Gasteiger partial charge in [-0.05, 0) is 53.9 Å². The summed E-state index contributed by atoms with van der Waals surface area (Å²) < 4.78 is 8.18. The van der Waals surface area contributed by atoms with E-state index in [4.69, 9.17) is 10.5 Å². The number of aryl methyl sites for hydroxylation is 1. The highest BCUT2D eigenvalue weighted by Gasteiger charge is 2.16. The number of nitrogens with zero attached hydrogens (tertiary/aromatic N) is 1. The van der Waals surface area contributed by atoms with E-state index >= 15 is 0 Å². The largest absolute Gasteiger partial charge is 0.489 e. The number of nitrogens with two attached hydrogens (primary N) is 1. The van der Waals surface area contributed by atoms with Crippen molar-refractivity contribution in [2.45, 2.75) is 20.1 Å². The minimum atomic E-state index is -0.407. The zero-order chi connectivity index (χ0) is 22.1. The van der Waals surface area contributed by atoms with Crippen molar-refractivity contribution in [1.29, 1.82) is 0 Å². The molecule has 0 saturated heterocycles. The Hall–Kier alpha value is -4.05. The highest BCUT2D eigenvalue weighted by molar-refractivity contribution is 6.17. The summed E-state index contributed by atoms with van der Waals surface area (Å²) in [5.74, 6) is 0.432. The second kappa shape index (κ2) is 8.23. The van der Waals surface area contributed by atoms with Crippen LogP contribution in [0.4, 0.5) is 0 Å². The van der Waals surface area contributed by atoms with Crippen LogP contribution in [0, 0.1) is 6.92 Å². The van der Waals surface area contributed by atoms with Gasteiger partial charge in [-0.15, -0.1) is 0 Å². The van der Waals surface area contributed by atoms with Crippen molar-refractivity contribution < 1.29 is 9.53 Å². The molecule has 0 spiro atoms. The second-order valence-electron chi connectivity index (χ2n) is 8.09. The van der Waals surface area contributed by atoms with Crippen LogP contribution in [0.25, 0.3) is 21.8 Å². The molecule has 0 atom stereocenters. The molecule has 4 nitrogen and oxygen atoms in total. The first-order valence-electron chi connectivity index (χ1n) is 10.7. The van der Waals surface area contributed by atoms with Crippen LogP contribution in [0.1, 0.15) is 27.0 Å². The first-order valence-corrected chi connectivity index (χ1v) is 10.7. The molecule has 1 amide bonds. The first-order chi connectivity index (χ1) is 15.6. The van der Waals surface area contributed by atoms with Gasteiger partial charge in [0.2, 0.25) is 5.91 Å². The van der Waals surface area contributed by atoms with Gasteiger partial charge in [0.05, 0.1) is 5.52 Å². The van der Waals surface area contributed by atoms with Gasteiger partial charge >= 0.3 is 0 Å². The number of carbonyl (C=O) groups excluding carboxylic acids is 1. The molecule has 0 aliphatic carbocycles. The van der Waals surface area contributed by atoms with Gasteiger partial charge in [0.25, 0.3) is 0 Å². The van der Waals surface area contributed by atoms with Crippen LogP contribution in [0.2, 0.25) is 0 Å². The Kier molecular flexibility index (Phi) is 5.12. The number of rotatable bonds is 6. The van der Waals surface area contributed by atoms with Crippen LogP contribution in [-0.2, 0) is 13.2 Å². The van der Waals surface area contributed by atoms with Crippen molar-refractivity contribution in [1.82, 2.24) is 4.57 Å². The highest BCUT2D eigenvalue weighted by atomic mass is 16.5. The van der Waals surface area contributed by atoms with Crippen molar-refractivity contribution in [3.63, 3.8) is 0 Å². The molecule has 1 aromatic heterocycles. The number of amides is 1. The second-order valence-corrected chi connectivity index (χ2v) is 8.09. The predicted octanol–water partition coefficient (Wildman–Crippen LogP) is 5.83. The van der Waals surface area contributed by atoms with Crippen LogP contribution < -0.4 is 10.5 Å². The van der Waals surface area contributed by atoms with Crippen molar-refractivity contribution >= 4 is 27.7 Å². The summed E-state index contributed by atoms with van der Waals surface area (Å²) in [6.45, 7) is 3.31. The van der Waals surface area contributed by atoms with E-state index < -0.39 is 5.91 Å². The summed E-state index contributed by atoms with van der Waals surface area (Å²) in [5.41, 5.74) is 11.8. The number of carbonyl (C=O) groups is 1. The fourth-order valence-electron chi connectivity index (χ4n) is 4.24. The molecular weight excluding hydrogens is 396 g/mol. The summed E-state index contributed by atoms with van der Waals surface area (Å²) in [5, 5.41) is 1.96. The molecule has 0 aliphatic rings. The normalized spacial score (nSPS) is 11.2. The minimum Gasteiger partial charge on any atom is -0.489 e. The Labute approximate surface area is 186 Å². The summed E-state index contributed by atoms with van der Waals surface area (Å²) in [4.78, 5) is 12.1. The molecule has 0 unspecified atom stereocenters. The molecule has 1 heterocycles. The number of hydrogen-bond donors (Lipinski definition) is 1. The lowest BCUT2D eigenvalue weighted by molar-refractivity contribution is 0.100. The van der Waals surface area contributed by atoms with Crippen molar-refractivity contribution in [3.05, 3.63) is 113 Å². The Morgan fingerprint density at radius 1 is 0.844 bits per heavy atom. The van der Waals surface area contributed by atoms with E-state index in [1.165, 1.54) is 5.56 Å². The third-order valence-electron chi connectivity index (χ3n) is 5.82. The molecule has 0 radical (unpaired) electrons. The Morgan fingerprint density at radius 3 is 2.38 bits per heavy atom. The topological polar surface area (TPSA) is 57.2 Å². The minimum absolute atomic E-state index is 0.407. The number of fused-ring (bicyclic) bond motifs is 3. The molecule has 5 rings (SSSR count). The Morgan fingerprint density at radius 2 is 1.62 bits per heavy atom. The molecular formula is C28H24N2O2. The van der Waals surface area contributed by atoms with Gasteiger partial charge in [-0.2, -0.15) is 0 Å². The third kappa shape index (κ3) is 3.71. The molecule has 4 aromatic carbocycles. The van der Waals surface area contributed by atoms with Gasteiger partial charge in [0.1, 0.15) is 12.4 Å². The van der Waals surface area contributed by atoms with Crippen LogP contribution in [0.15, 0.2) is 91.0 Å². The fourth-order valence-corrected chi connectivity index (χ4v) is 4.24. The average Bonchev–Trinajstić information content (AvgIpc) is 3.12. The van der Waals surface area contributed by atoms with Crippen LogP contribution >= 0.6 is 0 Å². The predicted molar refractivity (Wildman–Crippen MR) is 129 cm³/mol. The summed E-state index contributed by atoms with van der Waals surface area (Å²) >= 11 is 0. The monoisotopic (exact) mass is 420 g/mol. The summed E-state index contributed by atoms with van der Waals surface area (Å²) in [6, 6.07) is 30.4. The first kappa shape index (κ1) is 19.9. The van der Waals surface area contributed by atoms with Crippen molar-refractivity contribution in [3.8, 4) is 5.75 Å². The van der Waals surface area contributed by atoms with Gasteiger partial charge in [0, 0.05) is 28.4 Å². The van der Waals surface area contributed by atoms with Gasteiger partial charge in [0.15, 0.2) is 0 Å². The average molecular weight is 421 g/mol. The zero-order valence-corrected chi connectivity index (χ0v) is 17.9. The van der Waals surface area contributed by atoms with Crippen LogP contribution in [0.3, 0.4) is 0 Å². The summed E-state index contributed by atoms with van der Waals surface area (Å²) in [6.07, 6.45) is 0. The maximum atomic E-state index is 12.1. The molecule has 32 heavy (non-hydrogen) atoms. The molecule has 158 valence electrons. The fraction of sp³-hybridized carbons (Fsp3) is 0.107. The number of benzene rings is 4. The molecule has 0 fully saturated rings. The molecule has 5 aromatic rings. The van der Waals surface area contributed by atoms with Gasteiger partial charge in [-0.3, -0.25) is 4.79 Å². The lowest BCUT2D eigenvalue weighted by Gasteiger charge is -2.10. The molecule has 2 N–H and O–H groups in total. The molecule has 4 heteroatoms. The maximum absolute atomic E-state index is 12.1. The maximum Gasteiger partial charge on any atom is 0.249 e. The Balaban J connectivity index is 1.49. The van der Waals surface area contributed by atoms with E-state index in [1.807, 2.05) is 36.4 Å². The smallest absolute Gasteiger partial charge is 0.249 e. The van der Waals surface area contributed by atoms with E-state index in [0.717, 1.165) is 38.7 Å². The number of aromatic nitrogens is 1. The number of ether oxygens (including phenoxy) is 1. The highest BCUT2D eigenvalue weighted by Crippen LogP contribution is 2.33. The van der Waals surface area contributed by atoms with E-state index in [1.54, 1.807) is 6.07 Å². The third-order valence-corrected chi connectivity index (χ3v) is 5.82. The Bertz CT molecular complexity index is 1420. The SMILES string of the molecule is Cc1ccc2c3c(C(N)=O)cccc3n(Cc3ccc(OCc4ccccc4)cc3)c2c1. The quantitative estimate of drug-likeness (QED) is 0.376. The zero-order valence-electron chi connectivity index (χ0n) is 17.9.